The molecule has 2 aromatic carbocycles. The zero-order chi connectivity index (χ0) is 17.8. The number of carbonyl (C=O) groups excluding carboxylic acids is 2. The lowest BCUT2D eigenvalue weighted by Gasteiger charge is -2.10. The van der Waals surface area contributed by atoms with Gasteiger partial charge in [-0.15, -0.1) is 0 Å². The molecule has 0 aliphatic carbocycles. The highest BCUT2D eigenvalue weighted by atomic mass is 16.5. The predicted octanol–water partition coefficient (Wildman–Crippen LogP) is 2.46. The summed E-state index contributed by atoms with van der Waals surface area (Å²) in [6.07, 6.45) is 3.45. The number of imide groups is 1. The molecule has 6 heteroatoms. The van der Waals surface area contributed by atoms with Crippen molar-refractivity contribution in [3.63, 3.8) is 0 Å². The van der Waals surface area contributed by atoms with Gasteiger partial charge in [0.25, 0.3) is 11.8 Å². The van der Waals surface area contributed by atoms with Crippen molar-refractivity contribution >= 4 is 23.9 Å². The number of ether oxygens (including phenoxy) is 1. The van der Waals surface area contributed by atoms with Gasteiger partial charge in [0, 0.05) is 6.54 Å². The summed E-state index contributed by atoms with van der Waals surface area (Å²) in [5.74, 6) is -1.22. The van der Waals surface area contributed by atoms with Crippen LogP contribution >= 0.6 is 0 Å². The Morgan fingerprint density at radius 3 is 2.36 bits per heavy atom. The Morgan fingerprint density at radius 1 is 1.04 bits per heavy atom. The molecular weight excluding hydrogens is 322 g/mol. The van der Waals surface area contributed by atoms with E-state index in [9.17, 15) is 14.4 Å². The van der Waals surface area contributed by atoms with Crippen molar-refractivity contribution in [3.8, 4) is 5.75 Å². The van der Waals surface area contributed by atoms with Crippen LogP contribution in [0.2, 0.25) is 0 Å². The van der Waals surface area contributed by atoms with Gasteiger partial charge in [0.1, 0.15) is 5.75 Å². The van der Waals surface area contributed by atoms with E-state index >= 15 is 0 Å². The van der Waals surface area contributed by atoms with Gasteiger partial charge in [-0.3, -0.25) is 14.5 Å². The van der Waals surface area contributed by atoms with Gasteiger partial charge >= 0.3 is 5.97 Å². The maximum atomic E-state index is 12.2. The van der Waals surface area contributed by atoms with Crippen LogP contribution in [0.15, 0.2) is 54.6 Å². The molecule has 6 nitrogen and oxygen atoms in total. The van der Waals surface area contributed by atoms with E-state index in [2.05, 4.69) is 0 Å². The molecule has 0 aromatic heterocycles. The first-order valence-corrected chi connectivity index (χ1v) is 7.62. The number of carboxylic acids is 1. The van der Waals surface area contributed by atoms with E-state index in [4.69, 9.17) is 9.84 Å². The molecule has 1 aliphatic heterocycles. The van der Waals surface area contributed by atoms with Crippen LogP contribution in [0.25, 0.3) is 6.08 Å². The number of aliphatic carboxylic acids is 1. The van der Waals surface area contributed by atoms with Crippen LogP contribution in [0.5, 0.6) is 5.75 Å². The second-order valence-corrected chi connectivity index (χ2v) is 5.42. The molecule has 0 saturated carbocycles. The van der Waals surface area contributed by atoms with Crippen molar-refractivity contribution in [3.05, 3.63) is 71.3 Å². The normalized spacial score (nSPS) is 13.4. The minimum absolute atomic E-state index is 0.159. The van der Waals surface area contributed by atoms with Crippen molar-refractivity contribution < 1.29 is 24.2 Å². The summed E-state index contributed by atoms with van der Waals surface area (Å²) < 4.78 is 5.11. The van der Waals surface area contributed by atoms with Crippen molar-refractivity contribution in [1.29, 1.82) is 0 Å². The molecule has 0 spiro atoms. The van der Waals surface area contributed by atoms with Gasteiger partial charge in [0.2, 0.25) is 0 Å². The molecule has 1 aliphatic rings. The van der Waals surface area contributed by atoms with Gasteiger partial charge in [0.15, 0.2) is 6.61 Å². The lowest BCUT2D eigenvalue weighted by Crippen LogP contribution is -2.29. The quantitative estimate of drug-likeness (QED) is 0.819. The number of nitrogens with zero attached hydrogens (tertiary/aromatic N) is 1. The maximum absolute atomic E-state index is 12.2. The number of carbonyl (C=O) groups is 3. The van der Waals surface area contributed by atoms with Crippen LogP contribution in [-0.4, -0.2) is 40.9 Å². The summed E-state index contributed by atoms with van der Waals surface area (Å²) in [7, 11) is 0. The fraction of sp³-hybridized carbons (Fsp3) is 0.105. The zero-order valence-electron chi connectivity index (χ0n) is 13.2. The van der Waals surface area contributed by atoms with E-state index in [1.165, 1.54) is 4.90 Å². The Labute approximate surface area is 143 Å². The third-order valence-corrected chi connectivity index (χ3v) is 3.70. The first kappa shape index (κ1) is 16.4. The molecular formula is C19H15NO5. The second kappa shape index (κ2) is 7.00. The monoisotopic (exact) mass is 337 g/mol. The van der Waals surface area contributed by atoms with Crippen LogP contribution in [0.1, 0.15) is 26.3 Å². The van der Waals surface area contributed by atoms with E-state index in [-0.39, 0.29) is 18.4 Å². The van der Waals surface area contributed by atoms with Crippen LogP contribution in [-0.2, 0) is 4.79 Å². The molecule has 0 atom stereocenters. The molecule has 126 valence electrons. The molecule has 0 unspecified atom stereocenters. The minimum Gasteiger partial charge on any atom is -0.482 e. The minimum atomic E-state index is -1.05. The van der Waals surface area contributed by atoms with E-state index in [0.29, 0.717) is 16.9 Å². The molecule has 0 bridgehead atoms. The lowest BCUT2D eigenvalue weighted by atomic mass is 10.1. The largest absolute Gasteiger partial charge is 0.482 e. The predicted molar refractivity (Wildman–Crippen MR) is 90.4 cm³/mol. The van der Waals surface area contributed by atoms with E-state index < -0.39 is 12.6 Å². The van der Waals surface area contributed by atoms with E-state index in [0.717, 1.165) is 5.56 Å². The molecule has 2 aromatic rings. The van der Waals surface area contributed by atoms with Crippen molar-refractivity contribution in [2.45, 2.75) is 0 Å². The fourth-order valence-corrected chi connectivity index (χ4v) is 2.55. The molecule has 2 amide bonds. The average Bonchev–Trinajstić information content (AvgIpc) is 2.86. The number of rotatable bonds is 6. The van der Waals surface area contributed by atoms with Crippen molar-refractivity contribution in [2.75, 3.05) is 13.2 Å². The first-order valence-electron chi connectivity index (χ1n) is 7.62. The van der Waals surface area contributed by atoms with Gasteiger partial charge < -0.3 is 9.84 Å². The van der Waals surface area contributed by atoms with E-state index in [1.807, 2.05) is 6.07 Å². The van der Waals surface area contributed by atoms with Gasteiger partial charge in [-0.1, -0.05) is 36.4 Å². The Balaban J connectivity index is 1.66. The topological polar surface area (TPSA) is 83.9 Å². The number of fused-ring (bicyclic) bond motifs is 1. The van der Waals surface area contributed by atoms with Crippen LogP contribution in [0.3, 0.4) is 0 Å². The first-order chi connectivity index (χ1) is 12.1. The Hall–Kier alpha value is -3.41. The maximum Gasteiger partial charge on any atom is 0.341 e. The molecule has 1 heterocycles. The summed E-state index contributed by atoms with van der Waals surface area (Å²) >= 11 is 0. The standard InChI is InChI=1S/C19H15NO5/c21-17(22)12-25-14-7-3-5-13(11-14)6-4-10-20-18(23)15-8-1-2-9-16(15)19(20)24/h1-9,11H,10,12H2,(H,21,22)/b6-4+. The summed E-state index contributed by atoms with van der Waals surface area (Å²) in [4.78, 5) is 36.2. The second-order valence-electron chi connectivity index (χ2n) is 5.42. The number of hydrogen-bond donors (Lipinski definition) is 1. The fourth-order valence-electron chi connectivity index (χ4n) is 2.55. The highest BCUT2D eigenvalue weighted by molar-refractivity contribution is 6.21. The lowest BCUT2D eigenvalue weighted by molar-refractivity contribution is -0.139. The van der Waals surface area contributed by atoms with E-state index in [1.54, 1.807) is 54.6 Å². The molecule has 3 rings (SSSR count). The van der Waals surface area contributed by atoms with Crippen LogP contribution < -0.4 is 4.74 Å². The average molecular weight is 337 g/mol. The van der Waals surface area contributed by atoms with Gasteiger partial charge in [-0.25, -0.2) is 4.79 Å². The Morgan fingerprint density at radius 2 is 1.72 bits per heavy atom. The molecule has 0 saturated heterocycles. The third-order valence-electron chi connectivity index (χ3n) is 3.70. The molecule has 1 N–H and O–H groups in total. The van der Waals surface area contributed by atoms with Crippen LogP contribution in [0, 0.1) is 0 Å². The summed E-state index contributed by atoms with van der Waals surface area (Å²) in [6.45, 7) is -0.255. The third kappa shape index (κ3) is 3.58. The van der Waals surface area contributed by atoms with Crippen molar-refractivity contribution in [1.82, 2.24) is 4.90 Å². The number of amides is 2. The molecule has 0 radical (unpaired) electrons. The number of benzene rings is 2. The zero-order valence-corrected chi connectivity index (χ0v) is 13.2. The SMILES string of the molecule is O=C(O)COc1cccc(/C=C/CN2C(=O)c3ccccc3C2=O)c1. The molecule has 25 heavy (non-hydrogen) atoms. The summed E-state index contributed by atoms with van der Waals surface area (Å²) in [5.41, 5.74) is 1.62. The number of carboxylic acid groups (broad SMARTS) is 1. The van der Waals surface area contributed by atoms with Crippen molar-refractivity contribution in [2.24, 2.45) is 0 Å². The summed E-state index contributed by atoms with van der Waals surface area (Å²) in [6, 6.07) is 13.6. The summed E-state index contributed by atoms with van der Waals surface area (Å²) in [5, 5.41) is 8.62. The smallest absolute Gasteiger partial charge is 0.341 e. The van der Waals surface area contributed by atoms with Gasteiger partial charge in [0.05, 0.1) is 11.1 Å². The molecule has 0 fully saturated rings. The number of hydrogen-bond acceptors (Lipinski definition) is 4. The van der Waals surface area contributed by atoms with Crippen LogP contribution in [0.4, 0.5) is 0 Å². The highest BCUT2D eigenvalue weighted by Gasteiger charge is 2.33. The highest BCUT2D eigenvalue weighted by Crippen LogP contribution is 2.22. The van der Waals surface area contributed by atoms with Gasteiger partial charge in [-0.2, -0.15) is 0 Å². The van der Waals surface area contributed by atoms with Gasteiger partial charge in [-0.05, 0) is 29.8 Å². The Kier molecular flexibility index (Phi) is 4.61. The Bertz CT molecular complexity index is 837.